The first-order valence-electron chi connectivity index (χ1n) is 14.3. The van der Waals surface area contributed by atoms with Gasteiger partial charge in [0.15, 0.2) is 0 Å². The fourth-order valence-electron chi connectivity index (χ4n) is 5.56. The van der Waals surface area contributed by atoms with Crippen LogP contribution in [0.5, 0.6) is 5.88 Å². The Kier molecular flexibility index (Phi) is 7.85. The zero-order valence-electron chi connectivity index (χ0n) is 24.2. The van der Waals surface area contributed by atoms with Crippen molar-refractivity contribution in [2.24, 2.45) is 0 Å². The van der Waals surface area contributed by atoms with Crippen molar-refractivity contribution in [3.05, 3.63) is 112 Å². The van der Waals surface area contributed by atoms with Gasteiger partial charge in [-0.1, -0.05) is 18.2 Å². The molecule has 0 saturated heterocycles. The monoisotopic (exact) mass is 601 g/mol. The number of carboxylic acid groups (broad SMARTS) is 1. The number of halogens is 3. The molecule has 2 aromatic heterocycles. The van der Waals surface area contributed by atoms with Gasteiger partial charge in [0.25, 0.3) is 0 Å². The minimum atomic E-state index is -1.07. The summed E-state index contributed by atoms with van der Waals surface area (Å²) in [5.41, 5.74) is 2.16. The Morgan fingerprint density at radius 3 is 2.45 bits per heavy atom. The Morgan fingerprint density at radius 1 is 0.955 bits per heavy atom. The van der Waals surface area contributed by atoms with E-state index in [0.717, 1.165) is 37.0 Å². The number of carboxylic acids is 1. The number of benzene rings is 3. The van der Waals surface area contributed by atoms with Gasteiger partial charge in [-0.2, -0.15) is 0 Å². The summed E-state index contributed by atoms with van der Waals surface area (Å²) in [6.07, 6.45) is 2.63. The summed E-state index contributed by atoms with van der Waals surface area (Å²) in [7, 11) is 1.64. The molecule has 0 radical (unpaired) electrons. The Morgan fingerprint density at radius 2 is 1.75 bits per heavy atom. The van der Waals surface area contributed by atoms with Gasteiger partial charge >= 0.3 is 5.97 Å². The van der Waals surface area contributed by atoms with E-state index in [-0.39, 0.29) is 41.3 Å². The van der Waals surface area contributed by atoms with E-state index in [4.69, 9.17) is 9.47 Å². The number of pyridine rings is 1. The first kappa shape index (κ1) is 29.4. The molecule has 2 heterocycles. The van der Waals surface area contributed by atoms with Gasteiger partial charge in [-0.3, -0.25) is 0 Å². The molecule has 0 aliphatic heterocycles. The van der Waals surface area contributed by atoms with Crippen molar-refractivity contribution in [2.45, 2.75) is 51.4 Å². The summed E-state index contributed by atoms with van der Waals surface area (Å²) in [5.74, 6) is -2.19. The van der Waals surface area contributed by atoms with E-state index in [9.17, 15) is 14.3 Å². The van der Waals surface area contributed by atoms with Crippen LogP contribution in [0.3, 0.4) is 0 Å². The Hall–Kier alpha value is -4.70. The minimum absolute atomic E-state index is 0.0292. The standard InChI is InChI=1S/C34H30F3N3O4/c1-20-7-8-22(25(35)13-20)18-44-32-6-3-5-28(39-32)24-17-26(36)23(14-27(24)37)16-31-38-29-10-9-21(33(41)42)15-30(29)40(31)19-34(43-2)11-4-12-34/h3,5-10,13-15,17H,4,11-12,16,18-19H2,1-2H3,(H,41,42). The summed E-state index contributed by atoms with van der Waals surface area (Å²) in [5, 5.41) is 9.55. The summed E-state index contributed by atoms with van der Waals surface area (Å²) >= 11 is 0. The van der Waals surface area contributed by atoms with Crippen molar-refractivity contribution in [2.75, 3.05) is 7.11 Å². The number of carbonyl (C=O) groups is 1. The van der Waals surface area contributed by atoms with Gasteiger partial charge in [0.1, 0.15) is 29.9 Å². The van der Waals surface area contributed by atoms with Gasteiger partial charge in [0.05, 0.1) is 34.4 Å². The molecule has 226 valence electrons. The Labute approximate surface area is 251 Å². The molecule has 6 rings (SSSR count). The number of aromatic nitrogens is 3. The summed E-state index contributed by atoms with van der Waals surface area (Å²) in [6, 6.07) is 16.4. The van der Waals surface area contributed by atoms with Gasteiger partial charge in [-0.25, -0.2) is 27.9 Å². The van der Waals surface area contributed by atoms with Crippen LogP contribution < -0.4 is 4.74 Å². The van der Waals surface area contributed by atoms with Crippen molar-refractivity contribution in [3.63, 3.8) is 0 Å². The second-order valence-corrected chi connectivity index (χ2v) is 11.2. The van der Waals surface area contributed by atoms with Crippen LogP contribution >= 0.6 is 0 Å². The maximum atomic E-state index is 15.6. The molecule has 44 heavy (non-hydrogen) atoms. The van der Waals surface area contributed by atoms with E-state index >= 15 is 8.78 Å². The molecule has 0 atom stereocenters. The van der Waals surface area contributed by atoms with Crippen LogP contribution in [0, 0.1) is 24.4 Å². The Bertz CT molecular complexity index is 1880. The number of hydrogen-bond acceptors (Lipinski definition) is 5. The Balaban J connectivity index is 1.29. The number of nitrogens with zero attached hydrogens (tertiary/aromatic N) is 3. The van der Waals surface area contributed by atoms with E-state index in [1.54, 1.807) is 56.5 Å². The number of fused-ring (bicyclic) bond motifs is 1. The molecule has 1 aliphatic carbocycles. The van der Waals surface area contributed by atoms with E-state index in [1.807, 2.05) is 4.57 Å². The molecule has 0 bridgehead atoms. The van der Waals surface area contributed by atoms with Gasteiger partial charge in [0, 0.05) is 30.7 Å². The highest BCUT2D eigenvalue weighted by molar-refractivity contribution is 5.92. The van der Waals surface area contributed by atoms with E-state index in [2.05, 4.69) is 9.97 Å². The predicted octanol–water partition coefficient (Wildman–Crippen LogP) is 7.26. The van der Waals surface area contributed by atoms with Crippen molar-refractivity contribution >= 4 is 17.0 Å². The molecule has 7 nitrogen and oxygen atoms in total. The molecule has 10 heteroatoms. The molecule has 0 amide bonds. The number of methoxy groups -OCH3 is 1. The summed E-state index contributed by atoms with van der Waals surface area (Å²) in [6.45, 7) is 2.12. The SMILES string of the molecule is COC1(Cn2c(Cc3cc(F)c(-c4cccc(OCc5ccc(C)cc5F)n4)cc3F)nc3ccc(C(=O)O)cc32)CCC1. The van der Waals surface area contributed by atoms with Crippen molar-refractivity contribution < 1.29 is 32.5 Å². The zero-order chi connectivity index (χ0) is 31.0. The quantitative estimate of drug-likeness (QED) is 0.181. The number of aromatic carboxylic acids is 1. The summed E-state index contributed by atoms with van der Waals surface area (Å²) in [4.78, 5) is 20.7. The lowest BCUT2D eigenvalue weighted by Crippen LogP contribution is -2.43. The third kappa shape index (κ3) is 5.77. The third-order valence-electron chi connectivity index (χ3n) is 8.29. The molecular weight excluding hydrogens is 571 g/mol. The highest BCUT2D eigenvalue weighted by atomic mass is 19.1. The lowest BCUT2D eigenvalue weighted by molar-refractivity contribution is -0.0832. The maximum absolute atomic E-state index is 15.6. The lowest BCUT2D eigenvalue weighted by atomic mass is 9.80. The number of aryl methyl sites for hydroxylation is 1. The van der Waals surface area contributed by atoms with E-state index in [1.165, 1.54) is 12.1 Å². The molecule has 0 spiro atoms. The van der Waals surface area contributed by atoms with Crippen LogP contribution in [0.1, 0.15) is 52.1 Å². The molecule has 5 aromatic rings. The normalized spacial score (nSPS) is 14.0. The van der Waals surface area contributed by atoms with Crippen LogP contribution in [0.4, 0.5) is 13.2 Å². The highest BCUT2D eigenvalue weighted by Gasteiger charge is 2.38. The number of ether oxygens (including phenoxy) is 2. The molecule has 1 fully saturated rings. The highest BCUT2D eigenvalue weighted by Crippen LogP contribution is 2.38. The topological polar surface area (TPSA) is 86.5 Å². The first-order chi connectivity index (χ1) is 21.1. The van der Waals surface area contributed by atoms with Crippen LogP contribution in [0.2, 0.25) is 0 Å². The average molecular weight is 602 g/mol. The first-order valence-corrected chi connectivity index (χ1v) is 14.3. The third-order valence-corrected chi connectivity index (χ3v) is 8.29. The predicted molar refractivity (Wildman–Crippen MR) is 158 cm³/mol. The molecule has 1 aliphatic rings. The second-order valence-electron chi connectivity index (χ2n) is 11.2. The molecular formula is C34H30F3N3O4. The van der Waals surface area contributed by atoms with Crippen molar-refractivity contribution in [1.29, 1.82) is 0 Å². The number of hydrogen-bond donors (Lipinski definition) is 1. The fourth-order valence-corrected chi connectivity index (χ4v) is 5.56. The fraction of sp³-hybridized carbons (Fsp3) is 0.265. The smallest absolute Gasteiger partial charge is 0.335 e. The summed E-state index contributed by atoms with van der Waals surface area (Å²) < 4.78 is 58.6. The molecule has 1 saturated carbocycles. The zero-order valence-corrected chi connectivity index (χ0v) is 24.2. The van der Waals surface area contributed by atoms with Crippen molar-refractivity contribution in [1.82, 2.24) is 14.5 Å². The molecule has 0 unspecified atom stereocenters. The van der Waals surface area contributed by atoms with Crippen LogP contribution in [-0.2, 0) is 24.3 Å². The van der Waals surface area contributed by atoms with Crippen molar-refractivity contribution in [3.8, 4) is 17.1 Å². The average Bonchev–Trinajstić information content (AvgIpc) is 3.32. The second kappa shape index (κ2) is 11.8. The maximum Gasteiger partial charge on any atom is 0.335 e. The van der Waals surface area contributed by atoms with Crippen LogP contribution in [0.15, 0.2) is 66.7 Å². The van der Waals surface area contributed by atoms with Gasteiger partial charge < -0.3 is 19.1 Å². The van der Waals surface area contributed by atoms with Crippen LogP contribution in [0.25, 0.3) is 22.3 Å². The van der Waals surface area contributed by atoms with Gasteiger partial charge in [0.2, 0.25) is 5.88 Å². The van der Waals surface area contributed by atoms with Crippen LogP contribution in [-0.4, -0.2) is 38.3 Å². The lowest BCUT2D eigenvalue weighted by Gasteiger charge is -2.41. The van der Waals surface area contributed by atoms with E-state index in [0.29, 0.717) is 29.0 Å². The molecule has 3 aromatic carbocycles. The van der Waals surface area contributed by atoms with Gasteiger partial charge in [-0.15, -0.1) is 0 Å². The number of imidazole rings is 1. The largest absolute Gasteiger partial charge is 0.478 e. The molecule has 1 N–H and O–H groups in total. The minimum Gasteiger partial charge on any atom is -0.478 e. The van der Waals surface area contributed by atoms with E-state index < -0.39 is 29.0 Å². The van der Waals surface area contributed by atoms with Gasteiger partial charge in [-0.05, 0) is 79.8 Å². The number of rotatable bonds is 10.